The number of unbranched alkanes of at least 4 members (excludes halogenated alkanes) is 11. The standard InChI is InChI=1S/C23H42O2.Na/c24-23(25)21-15-13-11-9-7-5-3-1-2-4-6-8-10-12-14-18-22-19-16-17-20-22;/h1,3,22H,2,4-21H2,(H,24,25);/q;+1/p-1/b3-1-;. The zero-order valence-electron chi connectivity index (χ0n) is 17.5. The number of allylic oxidation sites excluding steroid dienone is 2. The molecule has 0 aromatic heterocycles. The molecule has 1 fully saturated rings. The van der Waals surface area contributed by atoms with Crippen LogP contribution in [0.2, 0.25) is 0 Å². The van der Waals surface area contributed by atoms with E-state index >= 15 is 0 Å². The first kappa shape index (κ1) is 26.2. The Morgan fingerprint density at radius 3 is 1.73 bits per heavy atom. The average molecular weight is 373 g/mol. The van der Waals surface area contributed by atoms with Crippen molar-refractivity contribution >= 4 is 5.97 Å². The molecule has 0 N–H and O–H groups in total. The Kier molecular flexibility index (Phi) is 20.1. The van der Waals surface area contributed by atoms with Crippen LogP contribution in [0.5, 0.6) is 0 Å². The Hall–Kier alpha value is 0.210. The minimum atomic E-state index is -0.910. The van der Waals surface area contributed by atoms with Crippen LogP contribution in [-0.2, 0) is 4.79 Å². The second kappa shape index (κ2) is 20.0. The number of carboxylic acids is 1. The maximum absolute atomic E-state index is 10.3. The van der Waals surface area contributed by atoms with E-state index in [1.54, 1.807) is 0 Å². The molecule has 26 heavy (non-hydrogen) atoms. The molecule has 0 aliphatic heterocycles. The molecule has 1 aliphatic rings. The summed E-state index contributed by atoms with van der Waals surface area (Å²) in [5.41, 5.74) is 0. The molecule has 3 heteroatoms. The minimum Gasteiger partial charge on any atom is -0.550 e. The van der Waals surface area contributed by atoms with Crippen LogP contribution in [0.3, 0.4) is 0 Å². The summed E-state index contributed by atoms with van der Waals surface area (Å²) in [5.74, 6) is 0.166. The normalized spacial score (nSPS) is 14.8. The van der Waals surface area contributed by atoms with E-state index in [4.69, 9.17) is 0 Å². The fourth-order valence-electron chi connectivity index (χ4n) is 4.00. The molecule has 0 amide bonds. The van der Waals surface area contributed by atoms with Crippen LogP contribution in [0, 0.1) is 5.92 Å². The Morgan fingerprint density at radius 2 is 1.19 bits per heavy atom. The predicted octanol–water partition coefficient (Wildman–Crippen LogP) is 3.34. The molecular weight excluding hydrogens is 331 g/mol. The van der Waals surface area contributed by atoms with Crippen LogP contribution in [0.1, 0.15) is 122 Å². The van der Waals surface area contributed by atoms with Gasteiger partial charge in [0.15, 0.2) is 0 Å². The molecule has 0 aromatic carbocycles. The van der Waals surface area contributed by atoms with E-state index in [1.807, 2.05) is 0 Å². The van der Waals surface area contributed by atoms with Gasteiger partial charge in [0.2, 0.25) is 0 Å². The zero-order valence-corrected chi connectivity index (χ0v) is 19.5. The summed E-state index contributed by atoms with van der Waals surface area (Å²) in [4.78, 5) is 10.3. The molecular formula is C23H41NaO2. The third-order valence-corrected chi connectivity index (χ3v) is 5.63. The quantitative estimate of drug-likeness (QED) is 0.223. The molecule has 0 atom stereocenters. The Morgan fingerprint density at radius 1 is 0.731 bits per heavy atom. The SMILES string of the molecule is O=C([O-])CCCCCCC/C=C\CCCCCCCCC1CCCC1.[Na+]. The minimum absolute atomic E-state index is 0. The van der Waals surface area contributed by atoms with Gasteiger partial charge in [0.05, 0.1) is 0 Å². The first-order valence-electron chi connectivity index (χ1n) is 11.1. The van der Waals surface area contributed by atoms with E-state index in [-0.39, 0.29) is 36.0 Å². The maximum atomic E-state index is 10.3. The van der Waals surface area contributed by atoms with E-state index in [0.717, 1.165) is 25.2 Å². The van der Waals surface area contributed by atoms with Gasteiger partial charge in [0, 0.05) is 5.97 Å². The number of carbonyl (C=O) groups excluding carboxylic acids is 1. The number of carboxylic acid groups (broad SMARTS) is 1. The summed E-state index contributed by atoms with van der Waals surface area (Å²) >= 11 is 0. The van der Waals surface area contributed by atoms with Crippen molar-refractivity contribution in [3.63, 3.8) is 0 Å². The van der Waals surface area contributed by atoms with Gasteiger partial charge in [-0.05, 0) is 44.4 Å². The van der Waals surface area contributed by atoms with Crippen LogP contribution < -0.4 is 34.7 Å². The van der Waals surface area contributed by atoms with Crippen LogP contribution >= 0.6 is 0 Å². The van der Waals surface area contributed by atoms with Crippen LogP contribution in [0.15, 0.2) is 12.2 Å². The number of aliphatic carboxylic acids is 1. The molecule has 0 heterocycles. The molecule has 0 spiro atoms. The summed E-state index contributed by atoms with van der Waals surface area (Å²) < 4.78 is 0. The molecule has 0 saturated heterocycles. The third-order valence-electron chi connectivity index (χ3n) is 5.63. The monoisotopic (exact) mass is 372 g/mol. The second-order valence-electron chi connectivity index (χ2n) is 8.00. The molecule has 0 radical (unpaired) electrons. The van der Waals surface area contributed by atoms with Gasteiger partial charge in [-0.1, -0.05) is 95.6 Å². The van der Waals surface area contributed by atoms with E-state index in [2.05, 4.69) is 12.2 Å². The largest absolute Gasteiger partial charge is 1.00 e. The average Bonchev–Trinajstić information content (AvgIpc) is 3.11. The molecule has 0 unspecified atom stereocenters. The summed E-state index contributed by atoms with van der Waals surface area (Å²) in [6, 6.07) is 0. The van der Waals surface area contributed by atoms with Gasteiger partial charge >= 0.3 is 29.6 Å². The first-order chi connectivity index (χ1) is 12.3. The van der Waals surface area contributed by atoms with Crippen molar-refractivity contribution in [1.29, 1.82) is 0 Å². The Bertz CT molecular complexity index is 335. The van der Waals surface area contributed by atoms with Gasteiger partial charge in [-0.25, -0.2) is 0 Å². The fraction of sp³-hybridized carbons (Fsp3) is 0.870. The molecule has 2 nitrogen and oxygen atoms in total. The molecule has 1 aliphatic carbocycles. The number of hydrogen-bond donors (Lipinski definition) is 0. The Labute approximate surface area is 184 Å². The molecule has 0 bridgehead atoms. The van der Waals surface area contributed by atoms with Gasteiger partial charge in [0.1, 0.15) is 0 Å². The van der Waals surface area contributed by atoms with Gasteiger partial charge in [-0.15, -0.1) is 0 Å². The van der Waals surface area contributed by atoms with Crippen molar-refractivity contribution in [2.24, 2.45) is 5.92 Å². The fourth-order valence-corrected chi connectivity index (χ4v) is 4.00. The van der Waals surface area contributed by atoms with E-state index in [1.165, 1.54) is 96.3 Å². The summed E-state index contributed by atoms with van der Waals surface area (Å²) in [7, 11) is 0. The molecule has 1 saturated carbocycles. The Balaban J connectivity index is 0.00000625. The topological polar surface area (TPSA) is 40.1 Å². The van der Waals surface area contributed by atoms with Gasteiger partial charge in [-0.2, -0.15) is 0 Å². The van der Waals surface area contributed by atoms with Crippen molar-refractivity contribution in [3.05, 3.63) is 12.2 Å². The summed E-state index contributed by atoms with van der Waals surface area (Å²) in [6.45, 7) is 0. The van der Waals surface area contributed by atoms with E-state index in [0.29, 0.717) is 0 Å². The second-order valence-corrected chi connectivity index (χ2v) is 8.00. The van der Waals surface area contributed by atoms with Crippen molar-refractivity contribution in [2.75, 3.05) is 0 Å². The smallest absolute Gasteiger partial charge is 0.550 e. The number of rotatable bonds is 17. The third kappa shape index (κ3) is 17.6. The van der Waals surface area contributed by atoms with Crippen molar-refractivity contribution in [2.45, 2.75) is 122 Å². The number of carbonyl (C=O) groups is 1. The van der Waals surface area contributed by atoms with Crippen LogP contribution in [-0.4, -0.2) is 5.97 Å². The van der Waals surface area contributed by atoms with Gasteiger partial charge < -0.3 is 9.90 Å². The van der Waals surface area contributed by atoms with Crippen molar-refractivity contribution in [3.8, 4) is 0 Å². The predicted molar refractivity (Wildman–Crippen MR) is 105 cm³/mol. The van der Waals surface area contributed by atoms with Crippen molar-refractivity contribution < 1.29 is 39.5 Å². The first-order valence-corrected chi connectivity index (χ1v) is 11.1. The van der Waals surface area contributed by atoms with E-state index in [9.17, 15) is 9.90 Å². The van der Waals surface area contributed by atoms with Crippen molar-refractivity contribution in [1.82, 2.24) is 0 Å². The molecule has 1 rings (SSSR count). The molecule has 146 valence electrons. The maximum Gasteiger partial charge on any atom is 1.00 e. The number of hydrogen-bond acceptors (Lipinski definition) is 2. The zero-order chi connectivity index (χ0) is 18.0. The van der Waals surface area contributed by atoms with Crippen LogP contribution in [0.25, 0.3) is 0 Å². The van der Waals surface area contributed by atoms with Gasteiger partial charge in [-0.3, -0.25) is 0 Å². The molecule has 0 aromatic rings. The van der Waals surface area contributed by atoms with Crippen LogP contribution in [0.4, 0.5) is 0 Å². The van der Waals surface area contributed by atoms with Gasteiger partial charge in [0.25, 0.3) is 0 Å². The van der Waals surface area contributed by atoms with E-state index < -0.39 is 5.97 Å². The summed E-state index contributed by atoms with van der Waals surface area (Å²) in [6.07, 6.45) is 28.8. The summed E-state index contributed by atoms with van der Waals surface area (Å²) in [5, 5.41) is 10.3.